The van der Waals surface area contributed by atoms with Crippen molar-refractivity contribution >= 4 is 0 Å². The summed E-state index contributed by atoms with van der Waals surface area (Å²) in [6.45, 7) is 10.8. The Bertz CT molecular complexity index is 213. The SMILES string of the molecule is CCCN(CCOCCC(C)C)C1CCC(N)CC1. The molecule has 0 aromatic rings. The van der Waals surface area contributed by atoms with Crippen LogP contribution in [0.25, 0.3) is 0 Å². The lowest BCUT2D eigenvalue weighted by Crippen LogP contribution is -2.42. The van der Waals surface area contributed by atoms with Crippen molar-refractivity contribution in [2.45, 2.75) is 71.4 Å². The molecule has 114 valence electrons. The Labute approximate surface area is 119 Å². The van der Waals surface area contributed by atoms with Crippen molar-refractivity contribution in [3.63, 3.8) is 0 Å². The first-order valence-corrected chi connectivity index (χ1v) is 8.20. The fourth-order valence-electron chi connectivity index (χ4n) is 2.83. The number of rotatable bonds is 9. The molecule has 1 saturated carbocycles. The highest BCUT2D eigenvalue weighted by atomic mass is 16.5. The van der Waals surface area contributed by atoms with E-state index < -0.39 is 0 Å². The van der Waals surface area contributed by atoms with Crippen LogP contribution in [0.4, 0.5) is 0 Å². The molecule has 1 rings (SSSR count). The van der Waals surface area contributed by atoms with Crippen LogP contribution < -0.4 is 5.73 Å². The Kier molecular flexibility index (Phi) is 8.67. The van der Waals surface area contributed by atoms with Gasteiger partial charge in [-0.1, -0.05) is 20.8 Å². The summed E-state index contributed by atoms with van der Waals surface area (Å²) in [5.74, 6) is 0.742. The lowest BCUT2D eigenvalue weighted by Gasteiger charge is -2.36. The van der Waals surface area contributed by atoms with Crippen molar-refractivity contribution in [3.05, 3.63) is 0 Å². The maximum Gasteiger partial charge on any atom is 0.0593 e. The summed E-state index contributed by atoms with van der Waals surface area (Å²) in [5, 5.41) is 0. The molecule has 3 heteroatoms. The molecule has 0 heterocycles. The van der Waals surface area contributed by atoms with E-state index in [1.54, 1.807) is 0 Å². The lowest BCUT2D eigenvalue weighted by atomic mass is 9.90. The molecule has 0 spiro atoms. The second-order valence-electron chi connectivity index (χ2n) is 6.40. The zero-order valence-electron chi connectivity index (χ0n) is 13.2. The molecule has 0 radical (unpaired) electrons. The maximum absolute atomic E-state index is 6.00. The van der Waals surface area contributed by atoms with E-state index >= 15 is 0 Å². The maximum atomic E-state index is 6.00. The average Bonchev–Trinajstić information content (AvgIpc) is 2.38. The van der Waals surface area contributed by atoms with Gasteiger partial charge < -0.3 is 10.5 Å². The third-order valence-electron chi connectivity index (χ3n) is 4.13. The van der Waals surface area contributed by atoms with Crippen molar-refractivity contribution in [1.29, 1.82) is 0 Å². The van der Waals surface area contributed by atoms with Crippen molar-refractivity contribution in [3.8, 4) is 0 Å². The fraction of sp³-hybridized carbons (Fsp3) is 1.00. The molecule has 1 fully saturated rings. The number of ether oxygens (including phenoxy) is 1. The smallest absolute Gasteiger partial charge is 0.0593 e. The quantitative estimate of drug-likeness (QED) is 0.655. The Hall–Kier alpha value is -0.120. The first-order valence-electron chi connectivity index (χ1n) is 8.20. The number of nitrogens with zero attached hydrogens (tertiary/aromatic N) is 1. The van der Waals surface area contributed by atoms with Crippen LogP contribution >= 0.6 is 0 Å². The molecule has 2 N–H and O–H groups in total. The van der Waals surface area contributed by atoms with Crippen LogP contribution in [0.2, 0.25) is 0 Å². The van der Waals surface area contributed by atoms with Crippen LogP contribution in [-0.4, -0.2) is 43.3 Å². The van der Waals surface area contributed by atoms with Gasteiger partial charge in [0.1, 0.15) is 0 Å². The van der Waals surface area contributed by atoms with E-state index in [9.17, 15) is 0 Å². The molecule has 0 unspecified atom stereocenters. The normalized spacial score (nSPS) is 24.3. The van der Waals surface area contributed by atoms with Crippen LogP contribution in [0.5, 0.6) is 0 Å². The van der Waals surface area contributed by atoms with Crippen LogP contribution in [0, 0.1) is 5.92 Å². The summed E-state index contributed by atoms with van der Waals surface area (Å²) in [6, 6.07) is 1.19. The third kappa shape index (κ3) is 7.28. The molecule has 0 aliphatic heterocycles. The second-order valence-corrected chi connectivity index (χ2v) is 6.40. The van der Waals surface area contributed by atoms with Crippen LogP contribution in [-0.2, 0) is 4.74 Å². The molecule has 3 nitrogen and oxygen atoms in total. The Morgan fingerprint density at radius 1 is 1.11 bits per heavy atom. The van der Waals surface area contributed by atoms with E-state index in [0.29, 0.717) is 6.04 Å². The molecule has 0 amide bonds. The molecule has 0 atom stereocenters. The third-order valence-corrected chi connectivity index (χ3v) is 4.13. The predicted octanol–water partition coefficient (Wildman–Crippen LogP) is 3.03. The highest BCUT2D eigenvalue weighted by molar-refractivity contribution is 4.81. The Morgan fingerprint density at radius 3 is 2.37 bits per heavy atom. The molecular formula is C16H34N2O. The zero-order valence-corrected chi connectivity index (χ0v) is 13.2. The zero-order chi connectivity index (χ0) is 14.1. The summed E-state index contributed by atoms with van der Waals surface area (Å²) in [7, 11) is 0. The van der Waals surface area contributed by atoms with E-state index in [0.717, 1.165) is 31.7 Å². The van der Waals surface area contributed by atoms with Gasteiger partial charge in [-0.3, -0.25) is 4.90 Å². The van der Waals surface area contributed by atoms with Crippen molar-refractivity contribution in [2.24, 2.45) is 11.7 Å². The summed E-state index contributed by atoms with van der Waals surface area (Å²) in [6.07, 6.45) is 7.33. The van der Waals surface area contributed by atoms with Gasteiger partial charge in [-0.15, -0.1) is 0 Å². The van der Waals surface area contributed by atoms with Gasteiger partial charge in [0, 0.05) is 25.2 Å². The van der Waals surface area contributed by atoms with Gasteiger partial charge in [-0.05, 0) is 51.0 Å². The van der Waals surface area contributed by atoms with Crippen LogP contribution in [0.1, 0.15) is 59.3 Å². The van der Waals surface area contributed by atoms with Crippen molar-refractivity contribution in [1.82, 2.24) is 4.90 Å². The standard InChI is InChI=1S/C16H34N2O/c1-4-10-18(11-13-19-12-9-14(2)3)16-7-5-15(17)6-8-16/h14-16H,4-13,17H2,1-3H3. The molecule has 0 bridgehead atoms. The predicted molar refractivity (Wildman–Crippen MR) is 82.4 cm³/mol. The van der Waals surface area contributed by atoms with E-state index in [1.165, 1.54) is 45.1 Å². The topological polar surface area (TPSA) is 38.5 Å². The lowest BCUT2D eigenvalue weighted by molar-refractivity contribution is 0.0699. The first-order chi connectivity index (χ1) is 9.13. The van der Waals surface area contributed by atoms with Crippen LogP contribution in [0.15, 0.2) is 0 Å². The minimum atomic E-state index is 0.446. The van der Waals surface area contributed by atoms with Gasteiger partial charge in [0.15, 0.2) is 0 Å². The largest absolute Gasteiger partial charge is 0.380 e. The molecule has 1 aliphatic carbocycles. The number of hydrogen-bond acceptors (Lipinski definition) is 3. The number of nitrogens with two attached hydrogens (primary N) is 1. The van der Waals surface area contributed by atoms with Gasteiger partial charge in [-0.2, -0.15) is 0 Å². The number of hydrogen-bond donors (Lipinski definition) is 1. The van der Waals surface area contributed by atoms with E-state index in [1.807, 2.05) is 0 Å². The minimum absolute atomic E-state index is 0.446. The van der Waals surface area contributed by atoms with Crippen molar-refractivity contribution < 1.29 is 4.74 Å². The van der Waals surface area contributed by atoms with Crippen molar-refractivity contribution in [2.75, 3.05) is 26.3 Å². The van der Waals surface area contributed by atoms with E-state index in [2.05, 4.69) is 25.7 Å². The molecule has 19 heavy (non-hydrogen) atoms. The van der Waals surface area contributed by atoms with Gasteiger partial charge in [0.25, 0.3) is 0 Å². The highest BCUT2D eigenvalue weighted by Gasteiger charge is 2.23. The molecule has 1 aliphatic rings. The Morgan fingerprint density at radius 2 is 1.79 bits per heavy atom. The monoisotopic (exact) mass is 270 g/mol. The summed E-state index contributed by atoms with van der Waals surface area (Å²) in [4.78, 5) is 2.63. The molecule has 0 saturated heterocycles. The highest BCUT2D eigenvalue weighted by Crippen LogP contribution is 2.22. The molecule has 0 aromatic carbocycles. The second kappa shape index (κ2) is 9.73. The molecule has 0 aromatic heterocycles. The first kappa shape index (κ1) is 16.9. The summed E-state index contributed by atoms with van der Waals surface area (Å²) in [5.41, 5.74) is 6.00. The van der Waals surface area contributed by atoms with E-state index in [-0.39, 0.29) is 0 Å². The average molecular weight is 270 g/mol. The summed E-state index contributed by atoms with van der Waals surface area (Å²) >= 11 is 0. The Balaban J connectivity index is 2.20. The molecular weight excluding hydrogens is 236 g/mol. The summed E-state index contributed by atoms with van der Waals surface area (Å²) < 4.78 is 5.77. The van der Waals surface area contributed by atoms with Gasteiger partial charge in [-0.25, -0.2) is 0 Å². The van der Waals surface area contributed by atoms with Gasteiger partial charge in [0.2, 0.25) is 0 Å². The van der Waals surface area contributed by atoms with Crippen LogP contribution in [0.3, 0.4) is 0 Å². The van der Waals surface area contributed by atoms with E-state index in [4.69, 9.17) is 10.5 Å². The fourth-order valence-corrected chi connectivity index (χ4v) is 2.83. The van der Waals surface area contributed by atoms with Gasteiger partial charge in [0.05, 0.1) is 6.61 Å². The minimum Gasteiger partial charge on any atom is -0.380 e. The van der Waals surface area contributed by atoms with Gasteiger partial charge >= 0.3 is 0 Å².